The Hall–Kier alpha value is -2.36. The molecule has 0 saturated carbocycles. The van der Waals surface area contributed by atoms with E-state index in [-0.39, 0.29) is 0 Å². The molecular formula is C16H16N3O+. The van der Waals surface area contributed by atoms with Gasteiger partial charge in [-0.15, -0.1) is 4.68 Å². The first-order chi connectivity index (χ1) is 9.83. The Balaban J connectivity index is 1.90. The Morgan fingerprint density at radius 1 is 1.20 bits per heavy atom. The van der Waals surface area contributed by atoms with Crippen molar-refractivity contribution >= 4 is 0 Å². The number of H-pyrrole nitrogens is 1. The SMILES string of the molecule is Cc1coc2c1-[n+]1[nH]c(-c3ccccc3)nc1CCC2. The van der Waals surface area contributed by atoms with E-state index in [0.717, 1.165) is 53.5 Å². The van der Waals surface area contributed by atoms with Gasteiger partial charge < -0.3 is 4.42 Å². The number of fused-ring (bicyclic) bond motifs is 3. The van der Waals surface area contributed by atoms with E-state index in [0.29, 0.717) is 0 Å². The molecule has 1 N–H and O–H groups in total. The molecule has 0 radical (unpaired) electrons. The van der Waals surface area contributed by atoms with Crippen molar-refractivity contribution in [2.24, 2.45) is 0 Å². The normalized spacial score (nSPS) is 13.7. The van der Waals surface area contributed by atoms with Crippen molar-refractivity contribution in [3.05, 3.63) is 53.7 Å². The fraction of sp³-hybridized carbons (Fsp3) is 0.250. The molecule has 4 heteroatoms. The van der Waals surface area contributed by atoms with Crippen LogP contribution in [0, 0.1) is 6.92 Å². The van der Waals surface area contributed by atoms with Gasteiger partial charge in [0.05, 0.1) is 12.7 Å². The number of nitrogens with one attached hydrogen (secondary N) is 1. The number of rotatable bonds is 1. The van der Waals surface area contributed by atoms with E-state index in [9.17, 15) is 0 Å². The van der Waals surface area contributed by atoms with Gasteiger partial charge in [-0.05, 0) is 30.5 Å². The molecule has 0 atom stereocenters. The summed E-state index contributed by atoms with van der Waals surface area (Å²) in [5.41, 5.74) is 3.39. The van der Waals surface area contributed by atoms with Gasteiger partial charge in [0, 0.05) is 17.5 Å². The average molecular weight is 266 g/mol. The van der Waals surface area contributed by atoms with Gasteiger partial charge in [0.15, 0.2) is 11.4 Å². The van der Waals surface area contributed by atoms with Crippen LogP contribution in [0.5, 0.6) is 0 Å². The first-order valence-corrected chi connectivity index (χ1v) is 6.96. The summed E-state index contributed by atoms with van der Waals surface area (Å²) in [7, 11) is 0. The van der Waals surface area contributed by atoms with E-state index in [4.69, 9.17) is 9.40 Å². The van der Waals surface area contributed by atoms with Crippen molar-refractivity contribution in [2.75, 3.05) is 0 Å². The molecule has 1 aliphatic rings. The number of hydrogen-bond donors (Lipinski definition) is 1. The number of hydrogen-bond acceptors (Lipinski definition) is 2. The Bertz CT molecular complexity index is 755. The lowest BCUT2D eigenvalue weighted by atomic mass is 10.2. The first-order valence-electron chi connectivity index (χ1n) is 6.96. The highest BCUT2D eigenvalue weighted by atomic mass is 16.3. The van der Waals surface area contributed by atoms with Crippen LogP contribution in [-0.4, -0.2) is 10.1 Å². The van der Waals surface area contributed by atoms with Gasteiger partial charge in [0.25, 0.3) is 5.82 Å². The van der Waals surface area contributed by atoms with Crippen LogP contribution in [0.15, 0.2) is 41.0 Å². The van der Waals surface area contributed by atoms with Crippen molar-refractivity contribution in [3.8, 4) is 17.1 Å². The van der Waals surface area contributed by atoms with E-state index in [1.54, 1.807) is 0 Å². The molecule has 3 aromatic rings. The predicted molar refractivity (Wildman–Crippen MR) is 74.6 cm³/mol. The minimum Gasteiger partial charge on any atom is -0.464 e. The van der Waals surface area contributed by atoms with E-state index < -0.39 is 0 Å². The maximum absolute atomic E-state index is 5.67. The molecule has 0 saturated heterocycles. The third kappa shape index (κ3) is 1.68. The minimum atomic E-state index is 0.911. The standard InChI is InChI=1S/C16H15N3O/c1-11-10-20-13-8-5-9-14-17-16(18-19(14)15(11)13)12-6-3-2-4-7-12/h2-4,6-7,10H,5,8-9H2,1H3/p+1. The lowest BCUT2D eigenvalue weighted by Crippen LogP contribution is -2.37. The molecule has 20 heavy (non-hydrogen) atoms. The lowest BCUT2D eigenvalue weighted by molar-refractivity contribution is -0.664. The van der Waals surface area contributed by atoms with Gasteiger partial charge in [-0.2, -0.15) is 5.10 Å². The van der Waals surface area contributed by atoms with Crippen LogP contribution in [0.4, 0.5) is 0 Å². The highest BCUT2D eigenvalue weighted by Crippen LogP contribution is 2.23. The number of aryl methyl sites for hydroxylation is 3. The second-order valence-electron chi connectivity index (χ2n) is 5.23. The number of furan rings is 1. The Kier molecular flexibility index (Phi) is 2.49. The van der Waals surface area contributed by atoms with Crippen LogP contribution in [-0.2, 0) is 12.8 Å². The highest BCUT2D eigenvalue weighted by Gasteiger charge is 2.29. The zero-order chi connectivity index (χ0) is 13.5. The third-order valence-electron chi connectivity index (χ3n) is 3.81. The largest absolute Gasteiger partial charge is 0.464 e. The van der Waals surface area contributed by atoms with Gasteiger partial charge in [0.2, 0.25) is 0 Å². The smallest absolute Gasteiger partial charge is 0.325 e. The maximum Gasteiger partial charge on any atom is 0.325 e. The van der Waals surface area contributed by atoms with Gasteiger partial charge in [-0.25, -0.2) is 0 Å². The molecule has 0 bridgehead atoms. The van der Waals surface area contributed by atoms with Crippen LogP contribution in [0.1, 0.15) is 23.6 Å². The molecule has 4 rings (SSSR count). The highest BCUT2D eigenvalue weighted by molar-refractivity contribution is 5.53. The Labute approximate surface area is 117 Å². The maximum atomic E-state index is 5.67. The number of nitrogens with zero attached hydrogens (tertiary/aromatic N) is 2. The van der Waals surface area contributed by atoms with Crippen molar-refractivity contribution < 1.29 is 9.10 Å². The fourth-order valence-corrected chi connectivity index (χ4v) is 2.83. The molecule has 2 aromatic heterocycles. The Morgan fingerprint density at radius 3 is 2.90 bits per heavy atom. The molecule has 1 aliphatic heterocycles. The summed E-state index contributed by atoms with van der Waals surface area (Å²) in [6.45, 7) is 2.08. The van der Waals surface area contributed by atoms with Crippen LogP contribution in [0.25, 0.3) is 17.1 Å². The monoisotopic (exact) mass is 266 g/mol. The molecule has 0 spiro atoms. The predicted octanol–water partition coefficient (Wildman–Crippen LogP) is 2.74. The van der Waals surface area contributed by atoms with Gasteiger partial charge in [-0.1, -0.05) is 18.2 Å². The number of aromatic amines is 1. The van der Waals surface area contributed by atoms with Crippen molar-refractivity contribution in [2.45, 2.75) is 26.2 Å². The van der Waals surface area contributed by atoms with Gasteiger partial charge in [0.1, 0.15) is 0 Å². The molecule has 0 amide bonds. The molecule has 3 heterocycles. The lowest BCUT2D eigenvalue weighted by Gasteiger charge is -1.95. The summed E-state index contributed by atoms with van der Waals surface area (Å²) in [5.74, 6) is 3.04. The first kappa shape index (κ1) is 11.5. The fourth-order valence-electron chi connectivity index (χ4n) is 2.83. The van der Waals surface area contributed by atoms with E-state index in [1.807, 2.05) is 24.5 Å². The summed E-state index contributed by atoms with van der Waals surface area (Å²) in [6.07, 6.45) is 4.84. The quantitative estimate of drug-likeness (QED) is 0.688. The second-order valence-corrected chi connectivity index (χ2v) is 5.23. The van der Waals surface area contributed by atoms with Crippen molar-refractivity contribution in [3.63, 3.8) is 0 Å². The minimum absolute atomic E-state index is 0.911. The topological polar surface area (TPSA) is 45.7 Å². The number of benzene rings is 1. The third-order valence-corrected chi connectivity index (χ3v) is 3.81. The van der Waals surface area contributed by atoms with Crippen molar-refractivity contribution in [1.82, 2.24) is 10.1 Å². The van der Waals surface area contributed by atoms with Crippen LogP contribution in [0.3, 0.4) is 0 Å². The van der Waals surface area contributed by atoms with Crippen molar-refractivity contribution in [1.29, 1.82) is 0 Å². The molecule has 0 aliphatic carbocycles. The van der Waals surface area contributed by atoms with Crippen LogP contribution in [0.2, 0.25) is 0 Å². The van der Waals surface area contributed by atoms with Gasteiger partial charge >= 0.3 is 5.82 Å². The second kappa shape index (κ2) is 4.34. The summed E-state index contributed by atoms with van der Waals surface area (Å²) >= 11 is 0. The molecule has 0 fully saturated rings. The molecule has 0 unspecified atom stereocenters. The molecule has 1 aromatic carbocycles. The molecule has 100 valence electrons. The summed E-state index contributed by atoms with van der Waals surface area (Å²) in [4.78, 5) is 4.77. The number of aromatic nitrogens is 3. The average Bonchev–Trinajstić information content (AvgIpc) is 3.00. The van der Waals surface area contributed by atoms with E-state index in [1.165, 1.54) is 0 Å². The Morgan fingerprint density at radius 2 is 2.05 bits per heavy atom. The summed E-state index contributed by atoms with van der Waals surface area (Å²) in [6, 6.07) is 10.2. The zero-order valence-electron chi connectivity index (χ0n) is 11.4. The van der Waals surface area contributed by atoms with Gasteiger partial charge in [-0.3, -0.25) is 0 Å². The van der Waals surface area contributed by atoms with Crippen LogP contribution < -0.4 is 4.68 Å². The zero-order valence-corrected chi connectivity index (χ0v) is 11.4. The van der Waals surface area contributed by atoms with Crippen LogP contribution >= 0.6 is 0 Å². The van der Waals surface area contributed by atoms with E-state index in [2.05, 4.69) is 28.8 Å². The summed E-state index contributed by atoms with van der Waals surface area (Å²) < 4.78 is 7.76. The van der Waals surface area contributed by atoms with E-state index >= 15 is 0 Å². The molecule has 4 nitrogen and oxygen atoms in total. The summed E-state index contributed by atoms with van der Waals surface area (Å²) in [5, 5.41) is 3.42. The molecular weight excluding hydrogens is 250 g/mol.